The molecule has 2 fully saturated rings. The van der Waals surface area contributed by atoms with E-state index in [4.69, 9.17) is 4.74 Å². The first-order chi connectivity index (χ1) is 24.9. The van der Waals surface area contributed by atoms with Crippen molar-refractivity contribution in [1.82, 2.24) is 14.8 Å². The molecule has 0 bridgehead atoms. The zero-order valence-corrected chi connectivity index (χ0v) is 28.5. The second-order valence-electron chi connectivity index (χ2n) is 14.2. The number of rotatable bonds is 8. The Kier molecular flexibility index (Phi) is 8.85. The Hall–Kier alpha value is -5.35. The van der Waals surface area contributed by atoms with Gasteiger partial charge in [-0.05, 0) is 103 Å². The lowest BCUT2D eigenvalue weighted by Gasteiger charge is -2.51. The van der Waals surface area contributed by atoms with Gasteiger partial charge in [-0.3, -0.25) is 29.1 Å². The molecule has 2 aliphatic heterocycles. The average molecular weight is 684 g/mol. The van der Waals surface area contributed by atoms with Crippen LogP contribution in [0, 0.1) is 11.8 Å². The van der Waals surface area contributed by atoms with Crippen molar-refractivity contribution >= 4 is 35.0 Å². The molecule has 1 saturated carbocycles. The summed E-state index contributed by atoms with van der Waals surface area (Å²) in [4.78, 5) is 65.8. The van der Waals surface area contributed by atoms with Crippen LogP contribution in [-0.4, -0.2) is 76.8 Å². The summed E-state index contributed by atoms with van der Waals surface area (Å²) in [6, 6.07) is 26.6. The molecule has 4 aromatic rings. The van der Waals surface area contributed by atoms with E-state index in [-0.39, 0.29) is 29.5 Å². The Morgan fingerprint density at radius 3 is 2.18 bits per heavy atom. The first-order valence-electron chi connectivity index (χ1n) is 17.9. The number of hydrogen-bond donors (Lipinski definition) is 1. The number of amides is 4. The van der Waals surface area contributed by atoms with Crippen molar-refractivity contribution in [3.05, 3.63) is 125 Å². The van der Waals surface area contributed by atoms with E-state index in [0.29, 0.717) is 37.7 Å². The Bertz CT molecular complexity index is 1930. The maximum absolute atomic E-state index is 15.0. The number of benzene rings is 3. The molecule has 3 atom stereocenters. The van der Waals surface area contributed by atoms with Gasteiger partial charge >= 0.3 is 0 Å². The number of carbonyl (C=O) groups excluding carboxylic acids is 4. The molecule has 51 heavy (non-hydrogen) atoms. The summed E-state index contributed by atoms with van der Waals surface area (Å²) in [6.07, 6.45) is 6.78. The lowest BCUT2D eigenvalue weighted by Crippen LogP contribution is -2.63. The zero-order valence-electron chi connectivity index (χ0n) is 28.5. The number of nitrogens with zero attached hydrogens (tertiary/aromatic N) is 4. The summed E-state index contributed by atoms with van der Waals surface area (Å²) in [7, 11) is 0. The molecular weight excluding hydrogens is 642 g/mol. The van der Waals surface area contributed by atoms with Crippen molar-refractivity contribution in [3.8, 4) is 0 Å². The predicted molar refractivity (Wildman–Crippen MR) is 192 cm³/mol. The molecule has 4 aliphatic rings. The largest absolute Gasteiger partial charge is 0.378 e. The fourth-order valence-corrected chi connectivity index (χ4v) is 8.54. The quantitative estimate of drug-likeness (QED) is 0.256. The maximum Gasteiger partial charge on any atom is 0.262 e. The molecule has 0 radical (unpaired) electrons. The van der Waals surface area contributed by atoms with E-state index in [1.165, 1.54) is 11.1 Å². The van der Waals surface area contributed by atoms with Gasteiger partial charge in [0.25, 0.3) is 11.8 Å². The van der Waals surface area contributed by atoms with Crippen LogP contribution in [0.15, 0.2) is 97.3 Å². The van der Waals surface area contributed by atoms with Crippen LogP contribution in [-0.2, 0) is 33.7 Å². The van der Waals surface area contributed by atoms with Gasteiger partial charge in [0.15, 0.2) is 0 Å². The molecule has 10 heteroatoms. The highest BCUT2D eigenvalue weighted by atomic mass is 16.5. The Labute approximate surface area is 297 Å². The van der Waals surface area contributed by atoms with Crippen LogP contribution in [0.5, 0.6) is 0 Å². The summed E-state index contributed by atoms with van der Waals surface area (Å²) in [5, 5.41) is 3.20. The monoisotopic (exact) mass is 683 g/mol. The molecule has 1 N–H and O–H groups in total. The number of ether oxygens (including phenoxy) is 1. The molecule has 260 valence electrons. The molecule has 3 heterocycles. The van der Waals surface area contributed by atoms with Gasteiger partial charge in [-0.1, -0.05) is 42.5 Å². The topological polar surface area (TPSA) is 112 Å². The van der Waals surface area contributed by atoms with Crippen molar-refractivity contribution in [2.45, 2.75) is 44.2 Å². The van der Waals surface area contributed by atoms with E-state index in [2.05, 4.69) is 39.5 Å². The van der Waals surface area contributed by atoms with Crippen molar-refractivity contribution < 1.29 is 23.9 Å². The highest BCUT2D eigenvalue weighted by molar-refractivity contribution is 6.22. The van der Waals surface area contributed by atoms with Crippen molar-refractivity contribution in [1.29, 1.82) is 0 Å². The molecule has 1 saturated heterocycles. The summed E-state index contributed by atoms with van der Waals surface area (Å²) < 4.78 is 5.51. The van der Waals surface area contributed by atoms with Crippen LogP contribution in [0.4, 0.5) is 11.4 Å². The first-order valence-corrected chi connectivity index (χ1v) is 17.9. The molecular formula is C41H41N5O5. The lowest BCUT2D eigenvalue weighted by atomic mass is 9.62. The minimum absolute atomic E-state index is 0.104. The van der Waals surface area contributed by atoms with Crippen LogP contribution >= 0.6 is 0 Å². The third-order valence-electron chi connectivity index (χ3n) is 11.3. The normalized spacial score (nSPS) is 22.5. The standard InChI is InChI=1S/C41H41N5O5/c47-37(27-45-38(48)35-9-3-4-10-36(35)39(45)49)46(26-28-6-5-17-42-25-28)41(16-15-31-22-29-7-1-2-8-30(29)23-32(31)24-41)40(50)43-33-11-13-34(14-12-33)44-18-20-51-21-19-44/h1-14,17,25,31-32H,15-16,18-24,26-27H2,(H,43,50). The Morgan fingerprint density at radius 2 is 1.51 bits per heavy atom. The summed E-state index contributed by atoms with van der Waals surface area (Å²) in [5.74, 6) is -1.19. The van der Waals surface area contributed by atoms with Gasteiger partial charge in [-0.15, -0.1) is 0 Å². The number of carbonyl (C=O) groups is 4. The average Bonchev–Trinajstić information content (AvgIpc) is 3.41. The third kappa shape index (κ3) is 6.29. The molecule has 3 aromatic carbocycles. The van der Waals surface area contributed by atoms with Gasteiger partial charge in [0.2, 0.25) is 11.8 Å². The lowest BCUT2D eigenvalue weighted by molar-refractivity contribution is -0.151. The molecule has 0 spiro atoms. The van der Waals surface area contributed by atoms with E-state index in [1.807, 2.05) is 30.3 Å². The Morgan fingerprint density at radius 1 is 0.843 bits per heavy atom. The number of fused-ring (bicyclic) bond motifs is 3. The minimum Gasteiger partial charge on any atom is -0.378 e. The van der Waals surface area contributed by atoms with Crippen molar-refractivity contribution in [2.24, 2.45) is 11.8 Å². The number of hydrogen-bond acceptors (Lipinski definition) is 7. The fraction of sp³-hybridized carbons (Fsp3) is 0.341. The zero-order chi connectivity index (χ0) is 35.0. The molecule has 10 nitrogen and oxygen atoms in total. The van der Waals surface area contributed by atoms with Crippen LogP contribution in [0.25, 0.3) is 0 Å². The third-order valence-corrected chi connectivity index (χ3v) is 11.3. The molecule has 2 aliphatic carbocycles. The second-order valence-corrected chi connectivity index (χ2v) is 14.2. The van der Waals surface area contributed by atoms with Gasteiger partial charge in [0.05, 0.1) is 24.3 Å². The SMILES string of the molecule is O=C1c2ccccc2C(=O)N1CC(=O)N(Cc1cccnc1)C1(C(=O)Nc2ccc(N3CCOCC3)cc2)CCC2Cc3ccccc3CC2C1. The molecule has 4 amide bonds. The van der Waals surface area contributed by atoms with Crippen LogP contribution in [0.2, 0.25) is 0 Å². The predicted octanol–water partition coefficient (Wildman–Crippen LogP) is 5.14. The van der Waals surface area contributed by atoms with Gasteiger partial charge in [0.1, 0.15) is 12.1 Å². The van der Waals surface area contributed by atoms with Gasteiger partial charge < -0.3 is 19.9 Å². The van der Waals surface area contributed by atoms with Gasteiger partial charge in [0, 0.05) is 43.4 Å². The molecule has 8 rings (SSSR count). The highest BCUT2D eigenvalue weighted by Gasteiger charge is 2.53. The number of nitrogens with one attached hydrogen (secondary N) is 1. The number of morpholine rings is 1. The van der Waals surface area contributed by atoms with E-state index in [0.717, 1.165) is 48.5 Å². The first kappa shape index (κ1) is 32.8. The fourth-order valence-electron chi connectivity index (χ4n) is 8.54. The van der Waals surface area contributed by atoms with Gasteiger partial charge in [-0.25, -0.2) is 0 Å². The summed E-state index contributed by atoms with van der Waals surface area (Å²) in [6.45, 7) is 2.60. The highest BCUT2D eigenvalue weighted by Crippen LogP contribution is 2.47. The number of imide groups is 1. The number of anilines is 2. The molecule has 3 unspecified atom stereocenters. The van der Waals surface area contributed by atoms with E-state index < -0.39 is 29.8 Å². The van der Waals surface area contributed by atoms with E-state index in [9.17, 15) is 19.2 Å². The van der Waals surface area contributed by atoms with E-state index in [1.54, 1.807) is 47.6 Å². The minimum atomic E-state index is -1.25. The van der Waals surface area contributed by atoms with Crippen LogP contribution in [0.1, 0.15) is 56.7 Å². The Balaban J connectivity index is 1.14. The summed E-state index contributed by atoms with van der Waals surface area (Å²) in [5.41, 5.74) is 4.40. The number of pyridine rings is 1. The van der Waals surface area contributed by atoms with Crippen LogP contribution in [0.3, 0.4) is 0 Å². The van der Waals surface area contributed by atoms with Gasteiger partial charge in [-0.2, -0.15) is 0 Å². The molecule has 1 aromatic heterocycles. The number of aromatic nitrogens is 1. The van der Waals surface area contributed by atoms with E-state index >= 15 is 0 Å². The maximum atomic E-state index is 15.0. The van der Waals surface area contributed by atoms with Crippen molar-refractivity contribution in [2.75, 3.05) is 43.1 Å². The second kappa shape index (κ2) is 13.8. The summed E-state index contributed by atoms with van der Waals surface area (Å²) >= 11 is 0. The smallest absolute Gasteiger partial charge is 0.262 e. The van der Waals surface area contributed by atoms with Crippen LogP contribution < -0.4 is 10.2 Å². The van der Waals surface area contributed by atoms with Crippen molar-refractivity contribution in [3.63, 3.8) is 0 Å².